The van der Waals surface area contributed by atoms with E-state index in [0.717, 1.165) is 28.8 Å². The van der Waals surface area contributed by atoms with Gasteiger partial charge in [0, 0.05) is 6.54 Å². The molecule has 3 aromatic heterocycles. The highest BCUT2D eigenvalue weighted by Gasteiger charge is 2.19. The van der Waals surface area contributed by atoms with Crippen molar-refractivity contribution in [3.63, 3.8) is 0 Å². The van der Waals surface area contributed by atoms with Crippen LogP contribution in [0.1, 0.15) is 11.1 Å². The van der Waals surface area contributed by atoms with Gasteiger partial charge in [0.05, 0.1) is 30.7 Å². The minimum Gasteiger partial charge on any atom is -0.497 e. The molecule has 0 N–H and O–H groups in total. The van der Waals surface area contributed by atoms with Crippen LogP contribution in [0.3, 0.4) is 0 Å². The number of aromatic nitrogens is 5. The van der Waals surface area contributed by atoms with Crippen LogP contribution in [0, 0.1) is 0 Å². The maximum Gasteiger partial charge on any atom is 0.265 e. The third-order valence-corrected chi connectivity index (χ3v) is 6.11. The predicted octanol–water partition coefficient (Wildman–Crippen LogP) is 4.43. The molecule has 0 fully saturated rings. The van der Waals surface area contributed by atoms with Gasteiger partial charge in [-0.3, -0.25) is 9.36 Å². The van der Waals surface area contributed by atoms with Crippen LogP contribution in [0.2, 0.25) is 0 Å². The molecule has 176 valence electrons. The Kier molecular flexibility index (Phi) is 5.46. The molecule has 0 saturated heterocycles. The van der Waals surface area contributed by atoms with Crippen molar-refractivity contribution >= 4 is 39.4 Å². The number of fused-ring (bicyclic) bond motifs is 4. The van der Waals surface area contributed by atoms with Crippen molar-refractivity contribution in [3.05, 3.63) is 107 Å². The molecule has 0 radical (unpaired) electrons. The van der Waals surface area contributed by atoms with Gasteiger partial charge >= 0.3 is 0 Å². The van der Waals surface area contributed by atoms with E-state index in [4.69, 9.17) is 14.7 Å². The molecule has 0 aliphatic carbocycles. The number of aryl methyl sites for hydroxylation is 2. The number of para-hydroxylation sites is 2. The molecule has 8 heteroatoms. The van der Waals surface area contributed by atoms with Gasteiger partial charge in [0.1, 0.15) is 16.7 Å². The quantitative estimate of drug-likeness (QED) is 0.333. The molecule has 36 heavy (non-hydrogen) atoms. The molecule has 6 rings (SSSR count). The summed E-state index contributed by atoms with van der Waals surface area (Å²) in [6.07, 6.45) is 3.99. The van der Waals surface area contributed by atoms with Gasteiger partial charge in [-0.25, -0.2) is 15.0 Å². The van der Waals surface area contributed by atoms with Crippen molar-refractivity contribution in [3.8, 4) is 5.75 Å². The fourth-order valence-corrected chi connectivity index (χ4v) is 4.26. The summed E-state index contributed by atoms with van der Waals surface area (Å²) in [7, 11) is 1.62. The van der Waals surface area contributed by atoms with E-state index in [1.165, 1.54) is 0 Å². The lowest BCUT2D eigenvalue weighted by Gasteiger charge is -2.06. The van der Waals surface area contributed by atoms with Gasteiger partial charge in [-0.1, -0.05) is 54.6 Å². The number of nitrogens with zero attached hydrogens (tertiary/aromatic N) is 6. The maximum absolute atomic E-state index is 13.6. The summed E-state index contributed by atoms with van der Waals surface area (Å²) in [6.45, 7) is 0.506. The van der Waals surface area contributed by atoms with Crippen LogP contribution in [0.15, 0.2) is 95.1 Å². The van der Waals surface area contributed by atoms with Gasteiger partial charge in [0.15, 0.2) is 11.3 Å². The predicted molar refractivity (Wildman–Crippen MR) is 141 cm³/mol. The van der Waals surface area contributed by atoms with Crippen molar-refractivity contribution in [2.45, 2.75) is 13.0 Å². The molecule has 6 aromatic rings. The van der Waals surface area contributed by atoms with Crippen LogP contribution < -0.4 is 10.3 Å². The third kappa shape index (κ3) is 3.88. The second kappa shape index (κ2) is 9.07. The molecule has 0 saturated carbocycles. The lowest BCUT2D eigenvalue weighted by atomic mass is 10.1. The molecule has 0 atom stereocenters. The summed E-state index contributed by atoms with van der Waals surface area (Å²) in [4.78, 5) is 27.9. The Bertz CT molecular complexity index is 1800. The van der Waals surface area contributed by atoms with Crippen LogP contribution >= 0.6 is 0 Å². The Morgan fingerprint density at radius 3 is 2.50 bits per heavy atom. The van der Waals surface area contributed by atoms with Gasteiger partial charge in [-0.05, 0) is 41.8 Å². The van der Waals surface area contributed by atoms with E-state index in [9.17, 15) is 4.79 Å². The molecule has 0 unspecified atom stereocenters. The van der Waals surface area contributed by atoms with Crippen molar-refractivity contribution < 1.29 is 4.74 Å². The minimum atomic E-state index is -0.166. The largest absolute Gasteiger partial charge is 0.497 e. The molecule has 0 bridgehead atoms. The topological polar surface area (TPSA) is 87.2 Å². The number of methoxy groups -OCH3 is 1. The first kappa shape index (κ1) is 21.7. The Morgan fingerprint density at radius 1 is 0.917 bits per heavy atom. The second-order valence-electron chi connectivity index (χ2n) is 8.39. The van der Waals surface area contributed by atoms with Crippen LogP contribution in [0.4, 0.5) is 0 Å². The van der Waals surface area contributed by atoms with E-state index in [0.29, 0.717) is 34.3 Å². The molecular formula is C28H22N6O2. The Hall–Kier alpha value is -4.85. The van der Waals surface area contributed by atoms with E-state index < -0.39 is 0 Å². The van der Waals surface area contributed by atoms with E-state index in [2.05, 4.69) is 10.1 Å². The van der Waals surface area contributed by atoms with Gasteiger partial charge in [-0.2, -0.15) is 9.78 Å². The summed E-state index contributed by atoms with van der Waals surface area (Å²) >= 11 is 0. The second-order valence-corrected chi connectivity index (χ2v) is 8.39. The first-order valence-corrected chi connectivity index (χ1v) is 11.6. The fourth-order valence-electron chi connectivity index (χ4n) is 4.26. The molecule has 0 amide bonds. The average Bonchev–Trinajstić information content (AvgIpc) is 3.23. The van der Waals surface area contributed by atoms with Crippen molar-refractivity contribution in [1.82, 2.24) is 24.2 Å². The Labute approximate surface area is 206 Å². The summed E-state index contributed by atoms with van der Waals surface area (Å²) in [6, 6.07) is 25.2. The first-order valence-electron chi connectivity index (χ1n) is 11.6. The molecule has 3 heterocycles. The molecule has 0 aliphatic heterocycles. The zero-order valence-corrected chi connectivity index (χ0v) is 19.6. The van der Waals surface area contributed by atoms with Crippen LogP contribution in [-0.4, -0.2) is 37.5 Å². The van der Waals surface area contributed by atoms with E-state index >= 15 is 0 Å². The van der Waals surface area contributed by atoms with Crippen LogP contribution in [0.5, 0.6) is 5.75 Å². The molecule has 0 spiro atoms. The highest BCUT2D eigenvalue weighted by molar-refractivity contribution is 6.04. The van der Waals surface area contributed by atoms with E-state index in [1.807, 2.05) is 78.9 Å². The third-order valence-electron chi connectivity index (χ3n) is 6.11. The minimum absolute atomic E-state index is 0.166. The monoisotopic (exact) mass is 474 g/mol. The highest BCUT2D eigenvalue weighted by atomic mass is 16.5. The average molecular weight is 475 g/mol. The SMILES string of the molecule is COc1cccc(/C=N\n2c3nc4ccccc4nc3c3c(=O)n(CCc4ccccc4)cnc32)c1. The molecule has 8 nitrogen and oxygen atoms in total. The van der Waals surface area contributed by atoms with Gasteiger partial charge in [0.2, 0.25) is 0 Å². The van der Waals surface area contributed by atoms with Gasteiger partial charge < -0.3 is 4.74 Å². The number of ether oxygens (including phenoxy) is 1. The van der Waals surface area contributed by atoms with Gasteiger partial charge in [-0.15, -0.1) is 0 Å². The van der Waals surface area contributed by atoms with Crippen LogP contribution in [-0.2, 0) is 13.0 Å². The number of rotatable bonds is 6. The zero-order valence-electron chi connectivity index (χ0n) is 19.6. The summed E-state index contributed by atoms with van der Waals surface area (Å²) in [5.74, 6) is 0.728. The number of hydrogen-bond acceptors (Lipinski definition) is 6. The Morgan fingerprint density at radius 2 is 1.69 bits per heavy atom. The standard InChI is InChI=1S/C28H22N6O2/c1-36-21-11-7-10-20(16-21)17-30-34-26-24(25-27(34)32-23-13-6-5-12-22(23)31-25)28(35)33(18-29-26)15-14-19-8-3-2-4-9-19/h2-13,16-18H,14-15H2,1H3/b30-17-. The summed E-state index contributed by atoms with van der Waals surface area (Å²) in [5.41, 5.74) is 4.64. The highest BCUT2D eigenvalue weighted by Crippen LogP contribution is 2.25. The lowest BCUT2D eigenvalue weighted by molar-refractivity contribution is 0.415. The first-order chi connectivity index (χ1) is 17.7. The maximum atomic E-state index is 13.6. The van der Waals surface area contributed by atoms with Crippen LogP contribution in [0.25, 0.3) is 33.2 Å². The number of benzene rings is 3. The Balaban J connectivity index is 1.53. The molecule has 3 aromatic carbocycles. The summed E-state index contributed by atoms with van der Waals surface area (Å²) < 4.78 is 8.53. The normalized spacial score (nSPS) is 11.7. The smallest absolute Gasteiger partial charge is 0.265 e. The van der Waals surface area contributed by atoms with E-state index in [1.54, 1.807) is 28.9 Å². The zero-order chi connectivity index (χ0) is 24.5. The number of hydrogen-bond donors (Lipinski definition) is 0. The van der Waals surface area contributed by atoms with Crippen molar-refractivity contribution in [2.24, 2.45) is 5.10 Å². The molecular weight excluding hydrogens is 452 g/mol. The lowest BCUT2D eigenvalue weighted by Crippen LogP contribution is -2.21. The van der Waals surface area contributed by atoms with Crippen molar-refractivity contribution in [2.75, 3.05) is 7.11 Å². The molecule has 0 aliphatic rings. The van der Waals surface area contributed by atoms with E-state index in [-0.39, 0.29) is 5.56 Å². The van der Waals surface area contributed by atoms with Gasteiger partial charge in [0.25, 0.3) is 5.56 Å². The van der Waals surface area contributed by atoms with Crippen molar-refractivity contribution in [1.29, 1.82) is 0 Å². The fraction of sp³-hybridized carbons (Fsp3) is 0.107. The summed E-state index contributed by atoms with van der Waals surface area (Å²) in [5, 5.41) is 5.07.